The smallest absolute Gasteiger partial charge is 0.321 e. The average Bonchev–Trinajstić information content (AvgIpc) is 3.32. The Kier molecular flexibility index (Phi) is 6.55. The number of likely N-dealkylation sites (tertiary alicyclic amines) is 1. The first-order valence-electron chi connectivity index (χ1n) is 9.77. The molecule has 1 unspecified atom stereocenters. The van der Waals surface area contributed by atoms with Crippen molar-refractivity contribution >= 4 is 11.9 Å². The van der Waals surface area contributed by atoms with Crippen LogP contribution in [-0.2, 0) is 4.79 Å². The minimum absolute atomic E-state index is 0.175. The van der Waals surface area contributed by atoms with Crippen molar-refractivity contribution in [3.05, 3.63) is 23.8 Å². The van der Waals surface area contributed by atoms with Crippen molar-refractivity contribution in [2.45, 2.75) is 50.6 Å². The van der Waals surface area contributed by atoms with Crippen molar-refractivity contribution in [2.75, 3.05) is 27.3 Å². The summed E-state index contributed by atoms with van der Waals surface area (Å²) in [6.07, 6.45) is 6.30. The number of carbonyl (C=O) groups excluding carboxylic acids is 2. The van der Waals surface area contributed by atoms with Gasteiger partial charge in [-0.2, -0.15) is 0 Å². The van der Waals surface area contributed by atoms with Gasteiger partial charge >= 0.3 is 6.03 Å². The fourth-order valence-corrected chi connectivity index (χ4v) is 4.27. The number of hydrogen-bond acceptors (Lipinski definition) is 4. The van der Waals surface area contributed by atoms with E-state index in [4.69, 9.17) is 9.47 Å². The monoisotopic (exact) mass is 376 g/mol. The summed E-state index contributed by atoms with van der Waals surface area (Å²) in [5, 5.41) is 5.39. The molecular weight excluding hydrogens is 346 g/mol. The summed E-state index contributed by atoms with van der Waals surface area (Å²) in [5.74, 6) is 1.29. The summed E-state index contributed by atoms with van der Waals surface area (Å²) >= 11 is 0. The molecule has 3 N–H and O–H groups in total. The lowest BCUT2D eigenvalue weighted by Crippen LogP contribution is -3.11. The van der Waals surface area contributed by atoms with E-state index in [1.54, 1.807) is 14.2 Å². The van der Waals surface area contributed by atoms with Gasteiger partial charge in [0, 0.05) is 24.9 Å². The zero-order chi connectivity index (χ0) is 19.2. The van der Waals surface area contributed by atoms with E-state index in [2.05, 4.69) is 10.6 Å². The fourth-order valence-electron chi connectivity index (χ4n) is 4.27. The molecule has 0 bridgehead atoms. The summed E-state index contributed by atoms with van der Waals surface area (Å²) in [5.41, 5.74) is 1.08. The van der Waals surface area contributed by atoms with Crippen LogP contribution in [0.5, 0.6) is 11.5 Å². The number of urea groups is 1. The van der Waals surface area contributed by atoms with Gasteiger partial charge in [0.25, 0.3) is 5.91 Å². The molecule has 2 fully saturated rings. The van der Waals surface area contributed by atoms with E-state index in [1.165, 1.54) is 0 Å². The third kappa shape index (κ3) is 4.91. The molecule has 0 spiro atoms. The number of ether oxygens (including phenoxy) is 2. The van der Waals surface area contributed by atoms with Gasteiger partial charge in [-0.25, -0.2) is 4.79 Å². The largest absolute Gasteiger partial charge is 0.497 e. The summed E-state index contributed by atoms with van der Waals surface area (Å²) in [6, 6.07) is 5.81. The van der Waals surface area contributed by atoms with Gasteiger partial charge in [-0.3, -0.25) is 10.1 Å². The molecule has 1 aromatic carbocycles. The van der Waals surface area contributed by atoms with Crippen molar-refractivity contribution in [3.63, 3.8) is 0 Å². The standard InChI is InChI=1S/C20H29N3O4/c1-26-15-9-10-16(18(12-15)27-2)17-8-5-11-23(17)13-19(24)22-20(25)21-14-6-3-4-7-14/h9-10,12,14,17H,3-8,11,13H2,1-2H3,(H2,21,22,24,25)/p+1/t17-/m1/s1. The molecule has 1 heterocycles. The maximum Gasteiger partial charge on any atom is 0.321 e. The maximum atomic E-state index is 12.4. The SMILES string of the molecule is COc1ccc([C@H]2CCC[NH+]2CC(=O)NC(=O)NC2CCCC2)c(OC)c1. The first-order chi connectivity index (χ1) is 13.1. The Morgan fingerprint density at radius 3 is 2.59 bits per heavy atom. The minimum atomic E-state index is -0.371. The number of hydrogen-bond donors (Lipinski definition) is 3. The van der Waals surface area contributed by atoms with Crippen LogP contribution in [0.3, 0.4) is 0 Å². The van der Waals surface area contributed by atoms with Crippen LogP contribution < -0.4 is 25.0 Å². The number of carbonyl (C=O) groups is 2. The number of benzene rings is 1. The van der Waals surface area contributed by atoms with Crippen molar-refractivity contribution in [3.8, 4) is 11.5 Å². The van der Waals surface area contributed by atoms with Gasteiger partial charge < -0.3 is 19.7 Å². The molecule has 1 aromatic rings. The molecule has 1 saturated heterocycles. The molecule has 1 saturated carbocycles. The van der Waals surface area contributed by atoms with E-state index in [-0.39, 0.29) is 30.6 Å². The Morgan fingerprint density at radius 1 is 1.11 bits per heavy atom. The zero-order valence-electron chi connectivity index (χ0n) is 16.2. The molecule has 0 radical (unpaired) electrons. The highest BCUT2D eigenvalue weighted by molar-refractivity contribution is 5.94. The fraction of sp³-hybridized carbons (Fsp3) is 0.600. The molecule has 3 rings (SSSR count). The molecule has 0 aromatic heterocycles. The lowest BCUT2D eigenvalue weighted by Gasteiger charge is -2.23. The summed E-state index contributed by atoms with van der Waals surface area (Å²) in [7, 11) is 3.27. The minimum Gasteiger partial charge on any atom is -0.497 e. The first-order valence-corrected chi connectivity index (χ1v) is 9.77. The number of imide groups is 1. The predicted octanol–water partition coefficient (Wildman–Crippen LogP) is 1.19. The Hall–Kier alpha value is -2.28. The predicted molar refractivity (Wildman–Crippen MR) is 101 cm³/mol. The highest BCUT2D eigenvalue weighted by Crippen LogP contribution is 2.31. The molecule has 2 atom stereocenters. The number of amides is 3. The molecule has 2 aliphatic rings. The second-order valence-electron chi connectivity index (χ2n) is 7.39. The Bertz CT molecular complexity index is 673. The second-order valence-corrected chi connectivity index (χ2v) is 7.39. The van der Waals surface area contributed by atoms with Gasteiger partial charge in [0.2, 0.25) is 0 Å². The Morgan fingerprint density at radius 2 is 1.89 bits per heavy atom. The quantitative estimate of drug-likeness (QED) is 0.697. The van der Waals surface area contributed by atoms with Crippen LogP contribution in [0.15, 0.2) is 18.2 Å². The number of rotatable bonds is 6. The topological polar surface area (TPSA) is 81.1 Å². The summed E-state index contributed by atoms with van der Waals surface area (Å²) in [6.45, 7) is 1.18. The average molecular weight is 376 g/mol. The summed E-state index contributed by atoms with van der Waals surface area (Å²) < 4.78 is 10.8. The third-order valence-corrected chi connectivity index (χ3v) is 5.63. The molecule has 27 heavy (non-hydrogen) atoms. The molecule has 7 heteroatoms. The van der Waals surface area contributed by atoms with E-state index in [9.17, 15) is 9.59 Å². The van der Waals surface area contributed by atoms with E-state index >= 15 is 0 Å². The number of methoxy groups -OCH3 is 2. The van der Waals surface area contributed by atoms with Gasteiger partial charge in [0.1, 0.15) is 17.5 Å². The molecule has 1 aliphatic heterocycles. The van der Waals surface area contributed by atoms with Crippen molar-refractivity contribution in [2.24, 2.45) is 0 Å². The Balaban J connectivity index is 1.59. The van der Waals surface area contributed by atoms with Crippen LogP contribution >= 0.6 is 0 Å². The third-order valence-electron chi connectivity index (χ3n) is 5.63. The van der Waals surface area contributed by atoms with Crippen molar-refractivity contribution < 1.29 is 24.0 Å². The molecule has 7 nitrogen and oxygen atoms in total. The van der Waals surface area contributed by atoms with Crippen LogP contribution in [-0.4, -0.2) is 45.3 Å². The highest BCUT2D eigenvalue weighted by atomic mass is 16.5. The maximum absolute atomic E-state index is 12.4. The van der Waals surface area contributed by atoms with Crippen LogP contribution in [0.1, 0.15) is 50.1 Å². The first kappa shape index (κ1) is 19.5. The summed E-state index contributed by atoms with van der Waals surface area (Å²) in [4.78, 5) is 25.5. The van der Waals surface area contributed by atoms with Gasteiger partial charge in [0.15, 0.2) is 6.54 Å². The molecule has 3 amide bonds. The zero-order valence-corrected chi connectivity index (χ0v) is 16.2. The lowest BCUT2D eigenvalue weighted by atomic mass is 10.0. The van der Waals surface area contributed by atoms with E-state index in [0.29, 0.717) is 0 Å². The molecule has 148 valence electrons. The number of quaternary nitrogens is 1. The van der Waals surface area contributed by atoms with E-state index < -0.39 is 0 Å². The normalized spacial score (nSPS) is 22.4. The molecule has 1 aliphatic carbocycles. The lowest BCUT2D eigenvalue weighted by molar-refractivity contribution is -0.910. The van der Waals surface area contributed by atoms with E-state index in [0.717, 1.165) is 67.0 Å². The van der Waals surface area contributed by atoms with Crippen molar-refractivity contribution in [1.82, 2.24) is 10.6 Å². The van der Waals surface area contributed by atoms with Gasteiger partial charge in [0.05, 0.1) is 26.3 Å². The van der Waals surface area contributed by atoms with Crippen LogP contribution in [0, 0.1) is 0 Å². The highest BCUT2D eigenvalue weighted by Gasteiger charge is 2.34. The van der Waals surface area contributed by atoms with Crippen LogP contribution in [0.4, 0.5) is 4.79 Å². The van der Waals surface area contributed by atoms with Crippen molar-refractivity contribution in [1.29, 1.82) is 0 Å². The molecular formula is C20H30N3O4+. The van der Waals surface area contributed by atoms with Gasteiger partial charge in [-0.1, -0.05) is 12.8 Å². The van der Waals surface area contributed by atoms with Crippen LogP contribution in [0.2, 0.25) is 0 Å². The van der Waals surface area contributed by atoms with Gasteiger partial charge in [-0.15, -0.1) is 0 Å². The van der Waals surface area contributed by atoms with E-state index in [1.807, 2.05) is 18.2 Å². The van der Waals surface area contributed by atoms with Crippen LogP contribution in [0.25, 0.3) is 0 Å². The van der Waals surface area contributed by atoms with Gasteiger partial charge in [-0.05, 0) is 25.0 Å². The Labute approximate surface area is 160 Å². The second kappa shape index (κ2) is 9.08. The number of nitrogens with one attached hydrogen (secondary N) is 3.